The van der Waals surface area contributed by atoms with Gasteiger partial charge in [0.1, 0.15) is 11.6 Å². The van der Waals surface area contributed by atoms with Gasteiger partial charge in [-0.3, -0.25) is 0 Å². The molecule has 1 aromatic carbocycles. The van der Waals surface area contributed by atoms with E-state index in [0.717, 1.165) is 6.54 Å². The third-order valence-corrected chi connectivity index (χ3v) is 3.13. The molecule has 0 saturated carbocycles. The summed E-state index contributed by atoms with van der Waals surface area (Å²) in [5.41, 5.74) is 0.647. The summed E-state index contributed by atoms with van der Waals surface area (Å²) in [6.07, 6.45) is 1.64. The van der Waals surface area contributed by atoms with Gasteiger partial charge < -0.3 is 10.6 Å². The molecule has 0 radical (unpaired) electrons. The van der Waals surface area contributed by atoms with Crippen LogP contribution in [0.1, 0.15) is 6.92 Å². The Morgan fingerprint density at radius 1 is 1.42 bits per heavy atom. The molecule has 7 heteroatoms. The van der Waals surface area contributed by atoms with Crippen molar-refractivity contribution >= 4 is 45.0 Å². The van der Waals surface area contributed by atoms with Gasteiger partial charge in [0, 0.05) is 18.4 Å². The molecule has 0 aliphatic rings. The van der Waals surface area contributed by atoms with Gasteiger partial charge in [-0.05, 0) is 41.1 Å². The van der Waals surface area contributed by atoms with Gasteiger partial charge in [-0.25, -0.2) is 9.37 Å². The molecule has 0 fully saturated rings. The Kier molecular flexibility index (Phi) is 4.55. The molecule has 19 heavy (non-hydrogen) atoms. The maximum Gasteiger partial charge on any atom is 0.224 e. The molecule has 100 valence electrons. The first-order valence-electron chi connectivity index (χ1n) is 5.58. The Hall–Kier alpha value is -1.40. The van der Waals surface area contributed by atoms with E-state index in [0.29, 0.717) is 21.9 Å². The summed E-state index contributed by atoms with van der Waals surface area (Å²) in [6.45, 7) is 2.68. The predicted octanol–water partition coefficient (Wildman–Crippen LogP) is 4.21. The van der Waals surface area contributed by atoms with Crippen LogP contribution in [0.2, 0.25) is 5.02 Å². The second kappa shape index (κ2) is 6.16. The number of hydrogen-bond donors (Lipinski definition) is 2. The van der Waals surface area contributed by atoms with Gasteiger partial charge in [0.25, 0.3) is 0 Å². The third kappa shape index (κ3) is 3.54. The molecule has 0 amide bonds. The fourth-order valence-corrected chi connectivity index (χ4v) is 1.88. The maximum atomic E-state index is 13.1. The average molecular weight is 346 g/mol. The Bertz CT molecular complexity index is 594. The lowest BCUT2D eigenvalue weighted by Crippen LogP contribution is -2.04. The Morgan fingerprint density at radius 3 is 2.89 bits per heavy atom. The third-order valence-electron chi connectivity index (χ3n) is 2.26. The first-order chi connectivity index (χ1) is 9.10. The number of nitrogens with zero attached hydrogens (tertiary/aromatic N) is 2. The molecule has 0 aliphatic heterocycles. The highest BCUT2D eigenvalue weighted by Gasteiger charge is 2.07. The summed E-state index contributed by atoms with van der Waals surface area (Å²) in [5.74, 6) is 0.636. The van der Waals surface area contributed by atoms with Crippen LogP contribution in [0.3, 0.4) is 0 Å². The molecular formula is C12H11BrClFN4. The van der Waals surface area contributed by atoms with Crippen LogP contribution >= 0.6 is 27.5 Å². The summed E-state index contributed by atoms with van der Waals surface area (Å²) in [7, 11) is 0. The van der Waals surface area contributed by atoms with Crippen molar-refractivity contribution in [3.63, 3.8) is 0 Å². The predicted molar refractivity (Wildman–Crippen MR) is 78.6 cm³/mol. The maximum absolute atomic E-state index is 13.1. The normalized spacial score (nSPS) is 10.3. The Morgan fingerprint density at radius 2 is 2.21 bits per heavy atom. The molecule has 1 aromatic heterocycles. The lowest BCUT2D eigenvalue weighted by Gasteiger charge is -2.10. The minimum absolute atomic E-state index is 0.0575. The monoisotopic (exact) mass is 344 g/mol. The number of hydrogen-bond acceptors (Lipinski definition) is 4. The van der Waals surface area contributed by atoms with E-state index in [9.17, 15) is 4.39 Å². The van der Waals surface area contributed by atoms with Crippen molar-refractivity contribution in [2.24, 2.45) is 0 Å². The molecule has 2 rings (SSSR count). The summed E-state index contributed by atoms with van der Waals surface area (Å²) < 4.78 is 13.8. The lowest BCUT2D eigenvalue weighted by molar-refractivity contribution is 0.628. The van der Waals surface area contributed by atoms with Gasteiger partial charge in [0.2, 0.25) is 5.95 Å². The molecule has 2 N–H and O–H groups in total. The highest BCUT2D eigenvalue weighted by Crippen LogP contribution is 2.26. The van der Waals surface area contributed by atoms with Gasteiger partial charge in [0.05, 0.1) is 9.50 Å². The van der Waals surface area contributed by atoms with Gasteiger partial charge in [0.15, 0.2) is 0 Å². The standard InChI is InChI=1S/C12H11BrClFN4/c1-2-16-12-17-6-8(13)11(19-12)18-7-3-4-10(15)9(14)5-7/h3-6H,2H2,1H3,(H2,16,17,18,19). The minimum Gasteiger partial charge on any atom is -0.354 e. The fourth-order valence-electron chi connectivity index (χ4n) is 1.41. The molecule has 0 spiro atoms. The summed E-state index contributed by atoms with van der Waals surface area (Å²) in [4.78, 5) is 8.40. The van der Waals surface area contributed by atoms with Crippen LogP contribution in [0.25, 0.3) is 0 Å². The van der Waals surface area contributed by atoms with E-state index in [2.05, 4.69) is 36.5 Å². The second-order valence-corrected chi connectivity index (χ2v) is 4.94. The zero-order valence-electron chi connectivity index (χ0n) is 10.0. The van der Waals surface area contributed by atoms with Crippen molar-refractivity contribution in [1.82, 2.24) is 9.97 Å². The summed E-state index contributed by atoms with van der Waals surface area (Å²) >= 11 is 9.08. The quantitative estimate of drug-likeness (QED) is 0.871. The zero-order valence-corrected chi connectivity index (χ0v) is 12.4. The minimum atomic E-state index is -0.456. The molecule has 0 atom stereocenters. The first-order valence-corrected chi connectivity index (χ1v) is 6.75. The van der Waals surface area contributed by atoms with Crippen LogP contribution in [0.15, 0.2) is 28.9 Å². The molecule has 0 aliphatic carbocycles. The number of anilines is 3. The van der Waals surface area contributed by atoms with Gasteiger partial charge in [-0.1, -0.05) is 11.6 Å². The molecule has 0 bridgehead atoms. The van der Waals surface area contributed by atoms with Crippen molar-refractivity contribution in [3.05, 3.63) is 39.7 Å². The fraction of sp³-hybridized carbons (Fsp3) is 0.167. The second-order valence-electron chi connectivity index (χ2n) is 3.67. The van der Waals surface area contributed by atoms with Crippen molar-refractivity contribution in [2.75, 3.05) is 17.2 Å². The SMILES string of the molecule is CCNc1ncc(Br)c(Nc2ccc(F)c(Cl)c2)n1. The Labute approximate surface area is 123 Å². The summed E-state index contributed by atoms with van der Waals surface area (Å²) in [6, 6.07) is 4.38. The highest BCUT2D eigenvalue weighted by atomic mass is 79.9. The van der Waals surface area contributed by atoms with E-state index in [-0.39, 0.29) is 5.02 Å². The molecule has 2 aromatic rings. The number of aromatic nitrogens is 2. The van der Waals surface area contributed by atoms with E-state index in [1.807, 2.05) is 6.92 Å². The topological polar surface area (TPSA) is 49.8 Å². The molecular weight excluding hydrogens is 335 g/mol. The van der Waals surface area contributed by atoms with Gasteiger partial charge >= 0.3 is 0 Å². The van der Waals surface area contributed by atoms with Crippen LogP contribution in [0, 0.1) is 5.82 Å². The van der Waals surface area contributed by atoms with Crippen molar-refractivity contribution < 1.29 is 4.39 Å². The molecule has 1 heterocycles. The van der Waals surface area contributed by atoms with E-state index in [1.165, 1.54) is 12.1 Å². The average Bonchev–Trinajstić information content (AvgIpc) is 2.38. The van der Waals surface area contributed by atoms with Crippen LogP contribution in [0.5, 0.6) is 0 Å². The van der Waals surface area contributed by atoms with Crippen LogP contribution < -0.4 is 10.6 Å². The van der Waals surface area contributed by atoms with Crippen molar-refractivity contribution in [1.29, 1.82) is 0 Å². The van der Waals surface area contributed by atoms with E-state index in [1.54, 1.807) is 12.3 Å². The van der Waals surface area contributed by atoms with Crippen LogP contribution in [-0.4, -0.2) is 16.5 Å². The summed E-state index contributed by atoms with van der Waals surface area (Å²) in [5, 5.41) is 6.12. The van der Waals surface area contributed by atoms with E-state index < -0.39 is 5.82 Å². The van der Waals surface area contributed by atoms with Gasteiger partial charge in [-0.2, -0.15) is 4.98 Å². The van der Waals surface area contributed by atoms with Crippen molar-refractivity contribution in [3.8, 4) is 0 Å². The molecule has 4 nitrogen and oxygen atoms in total. The smallest absolute Gasteiger partial charge is 0.224 e. The van der Waals surface area contributed by atoms with Gasteiger partial charge in [-0.15, -0.1) is 0 Å². The first kappa shape index (κ1) is 14.0. The number of rotatable bonds is 4. The highest BCUT2D eigenvalue weighted by molar-refractivity contribution is 9.10. The Balaban J connectivity index is 2.26. The van der Waals surface area contributed by atoms with E-state index in [4.69, 9.17) is 11.6 Å². The molecule has 0 saturated heterocycles. The largest absolute Gasteiger partial charge is 0.354 e. The number of benzene rings is 1. The number of halogens is 3. The number of nitrogens with one attached hydrogen (secondary N) is 2. The zero-order chi connectivity index (χ0) is 13.8. The lowest BCUT2D eigenvalue weighted by atomic mass is 10.3. The van der Waals surface area contributed by atoms with E-state index >= 15 is 0 Å². The molecule has 0 unspecified atom stereocenters. The van der Waals surface area contributed by atoms with Crippen molar-refractivity contribution in [2.45, 2.75) is 6.92 Å². The van der Waals surface area contributed by atoms with Crippen LogP contribution in [-0.2, 0) is 0 Å². The van der Waals surface area contributed by atoms with Crippen LogP contribution in [0.4, 0.5) is 21.8 Å².